The zero-order valence-electron chi connectivity index (χ0n) is 11.9. The first kappa shape index (κ1) is 15.0. The summed E-state index contributed by atoms with van der Waals surface area (Å²) in [7, 11) is 3.71. The monoisotopic (exact) mass is 251 g/mol. The van der Waals surface area contributed by atoms with E-state index in [1.165, 1.54) is 5.56 Å². The first-order chi connectivity index (χ1) is 8.56. The average molecular weight is 251 g/mol. The highest BCUT2D eigenvalue weighted by Gasteiger charge is 2.14. The first-order valence-electron chi connectivity index (χ1n) is 6.56. The fourth-order valence-corrected chi connectivity index (χ4v) is 1.92. The van der Waals surface area contributed by atoms with E-state index in [1.807, 2.05) is 25.2 Å². The van der Waals surface area contributed by atoms with Gasteiger partial charge < -0.3 is 9.84 Å². The molecular weight excluding hydrogens is 226 g/mol. The molecule has 0 amide bonds. The lowest BCUT2D eigenvalue weighted by molar-refractivity contribution is 0.0754. The van der Waals surface area contributed by atoms with Crippen LogP contribution in [0, 0.1) is 5.92 Å². The Hall–Kier alpha value is -1.06. The minimum atomic E-state index is -0.259. The molecule has 3 nitrogen and oxygen atoms in total. The maximum absolute atomic E-state index is 10.0. The molecule has 0 heterocycles. The van der Waals surface area contributed by atoms with E-state index in [2.05, 4.69) is 24.8 Å². The lowest BCUT2D eigenvalue weighted by Gasteiger charge is -2.24. The van der Waals surface area contributed by atoms with Crippen molar-refractivity contribution in [3.05, 3.63) is 29.8 Å². The van der Waals surface area contributed by atoms with Crippen LogP contribution in [0.1, 0.15) is 25.8 Å². The van der Waals surface area contributed by atoms with Gasteiger partial charge in [-0.25, -0.2) is 0 Å². The number of hydrogen-bond acceptors (Lipinski definition) is 3. The van der Waals surface area contributed by atoms with Crippen molar-refractivity contribution in [1.29, 1.82) is 0 Å². The summed E-state index contributed by atoms with van der Waals surface area (Å²) in [4.78, 5) is 2.14. The second-order valence-corrected chi connectivity index (χ2v) is 5.00. The minimum Gasteiger partial charge on any atom is -0.497 e. The van der Waals surface area contributed by atoms with E-state index in [4.69, 9.17) is 4.74 Å². The first-order valence-corrected chi connectivity index (χ1v) is 6.56. The number of likely N-dealkylation sites (N-methyl/N-ethyl adjacent to an activating group) is 1. The molecule has 0 aromatic heterocycles. The van der Waals surface area contributed by atoms with E-state index in [0.29, 0.717) is 12.5 Å². The van der Waals surface area contributed by atoms with E-state index >= 15 is 0 Å². The second kappa shape index (κ2) is 7.39. The molecule has 0 fully saturated rings. The summed E-state index contributed by atoms with van der Waals surface area (Å²) in [6.07, 6.45) is 0.749. The summed E-state index contributed by atoms with van der Waals surface area (Å²) < 4.78 is 5.21. The van der Waals surface area contributed by atoms with Gasteiger partial charge in [-0.15, -0.1) is 0 Å². The third-order valence-electron chi connectivity index (χ3n) is 3.39. The van der Waals surface area contributed by atoms with E-state index < -0.39 is 0 Å². The van der Waals surface area contributed by atoms with Gasteiger partial charge in [0, 0.05) is 13.1 Å². The average Bonchev–Trinajstić information content (AvgIpc) is 2.37. The SMILES string of the molecule is CCC(C)C(O)CN(C)Cc1cccc(OC)c1. The number of rotatable bonds is 7. The van der Waals surface area contributed by atoms with E-state index in [9.17, 15) is 5.11 Å². The molecule has 0 bridgehead atoms. The van der Waals surface area contributed by atoms with Crippen LogP contribution in [-0.4, -0.2) is 36.8 Å². The number of methoxy groups -OCH3 is 1. The van der Waals surface area contributed by atoms with Crippen molar-refractivity contribution >= 4 is 0 Å². The summed E-state index contributed by atoms with van der Waals surface area (Å²) >= 11 is 0. The molecule has 2 unspecified atom stereocenters. The molecule has 0 aliphatic heterocycles. The molecule has 1 rings (SSSR count). The summed E-state index contributed by atoms with van der Waals surface area (Å²) in [5.74, 6) is 1.22. The molecule has 0 saturated carbocycles. The largest absolute Gasteiger partial charge is 0.497 e. The van der Waals surface area contributed by atoms with Crippen LogP contribution in [0.15, 0.2) is 24.3 Å². The van der Waals surface area contributed by atoms with Gasteiger partial charge in [-0.05, 0) is 30.7 Å². The Labute approximate surface area is 110 Å². The van der Waals surface area contributed by atoms with Gasteiger partial charge >= 0.3 is 0 Å². The Morgan fingerprint density at radius 3 is 2.72 bits per heavy atom. The highest BCUT2D eigenvalue weighted by atomic mass is 16.5. The fourth-order valence-electron chi connectivity index (χ4n) is 1.92. The Morgan fingerprint density at radius 1 is 1.39 bits per heavy atom. The molecule has 0 radical (unpaired) electrons. The van der Waals surface area contributed by atoms with Crippen molar-refractivity contribution < 1.29 is 9.84 Å². The van der Waals surface area contributed by atoms with Gasteiger partial charge in [0.25, 0.3) is 0 Å². The van der Waals surface area contributed by atoms with Crippen LogP contribution in [0.3, 0.4) is 0 Å². The molecule has 18 heavy (non-hydrogen) atoms. The topological polar surface area (TPSA) is 32.7 Å². The van der Waals surface area contributed by atoms with Crippen LogP contribution in [0.4, 0.5) is 0 Å². The Morgan fingerprint density at radius 2 is 2.11 bits per heavy atom. The number of aliphatic hydroxyl groups is 1. The van der Waals surface area contributed by atoms with Crippen LogP contribution in [-0.2, 0) is 6.54 Å². The Kier molecular flexibility index (Phi) is 6.16. The maximum Gasteiger partial charge on any atom is 0.119 e. The third kappa shape index (κ3) is 4.67. The van der Waals surface area contributed by atoms with Gasteiger partial charge in [-0.3, -0.25) is 4.90 Å². The maximum atomic E-state index is 10.0. The standard InChI is InChI=1S/C15H25NO2/c1-5-12(2)15(17)11-16(3)10-13-7-6-8-14(9-13)18-4/h6-9,12,15,17H,5,10-11H2,1-4H3. The van der Waals surface area contributed by atoms with Gasteiger partial charge in [0.1, 0.15) is 5.75 Å². The molecule has 0 aliphatic rings. The fraction of sp³-hybridized carbons (Fsp3) is 0.600. The van der Waals surface area contributed by atoms with Crippen LogP contribution in [0.25, 0.3) is 0 Å². The summed E-state index contributed by atoms with van der Waals surface area (Å²) in [5, 5.41) is 10.0. The van der Waals surface area contributed by atoms with Gasteiger partial charge in [-0.2, -0.15) is 0 Å². The van der Waals surface area contributed by atoms with Gasteiger partial charge in [0.05, 0.1) is 13.2 Å². The Balaban J connectivity index is 2.50. The quantitative estimate of drug-likeness (QED) is 0.808. The molecule has 1 N–H and O–H groups in total. The van der Waals surface area contributed by atoms with Crippen LogP contribution in [0.2, 0.25) is 0 Å². The van der Waals surface area contributed by atoms with Crippen molar-refractivity contribution in [2.45, 2.75) is 32.9 Å². The van der Waals surface area contributed by atoms with Crippen molar-refractivity contribution in [3.8, 4) is 5.75 Å². The van der Waals surface area contributed by atoms with E-state index in [-0.39, 0.29) is 6.10 Å². The summed E-state index contributed by atoms with van der Waals surface area (Å²) in [6, 6.07) is 8.05. The van der Waals surface area contributed by atoms with Crippen molar-refractivity contribution in [1.82, 2.24) is 4.90 Å². The van der Waals surface area contributed by atoms with E-state index in [1.54, 1.807) is 7.11 Å². The van der Waals surface area contributed by atoms with Crippen molar-refractivity contribution in [3.63, 3.8) is 0 Å². The van der Waals surface area contributed by atoms with Gasteiger partial charge in [0.15, 0.2) is 0 Å². The normalized spacial score (nSPS) is 14.6. The number of nitrogens with zero attached hydrogens (tertiary/aromatic N) is 1. The van der Waals surface area contributed by atoms with Crippen molar-refractivity contribution in [2.24, 2.45) is 5.92 Å². The molecule has 0 aliphatic carbocycles. The zero-order chi connectivity index (χ0) is 13.5. The van der Waals surface area contributed by atoms with Gasteiger partial charge in [-0.1, -0.05) is 32.4 Å². The molecule has 102 valence electrons. The molecule has 0 spiro atoms. The molecule has 0 saturated heterocycles. The van der Waals surface area contributed by atoms with Crippen LogP contribution >= 0.6 is 0 Å². The molecular formula is C15H25NO2. The molecule has 3 heteroatoms. The molecule has 2 atom stereocenters. The number of aliphatic hydroxyl groups excluding tert-OH is 1. The number of benzene rings is 1. The Bertz CT molecular complexity index is 354. The summed E-state index contributed by atoms with van der Waals surface area (Å²) in [5.41, 5.74) is 1.20. The highest BCUT2D eigenvalue weighted by molar-refractivity contribution is 5.28. The lowest BCUT2D eigenvalue weighted by Crippen LogP contribution is -2.32. The van der Waals surface area contributed by atoms with Crippen LogP contribution < -0.4 is 4.74 Å². The third-order valence-corrected chi connectivity index (χ3v) is 3.39. The molecule has 1 aromatic carbocycles. The van der Waals surface area contributed by atoms with Gasteiger partial charge in [0.2, 0.25) is 0 Å². The molecule has 1 aromatic rings. The highest BCUT2D eigenvalue weighted by Crippen LogP contribution is 2.15. The predicted molar refractivity (Wildman–Crippen MR) is 74.8 cm³/mol. The zero-order valence-corrected chi connectivity index (χ0v) is 11.9. The van der Waals surface area contributed by atoms with E-state index in [0.717, 1.165) is 18.7 Å². The second-order valence-electron chi connectivity index (χ2n) is 5.00. The smallest absolute Gasteiger partial charge is 0.119 e. The van der Waals surface area contributed by atoms with Crippen LogP contribution in [0.5, 0.6) is 5.75 Å². The summed E-state index contributed by atoms with van der Waals surface area (Å²) in [6.45, 7) is 5.72. The predicted octanol–water partition coefficient (Wildman–Crippen LogP) is 2.53. The van der Waals surface area contributed by atoms with Crippen molar-refractivity contribution in [2.75, 3.05) is 20.7 Å². The number of ether oxygens (including phenoxy) is 1. The minimum absolute atomic E-state index is 0.259. The lowest BCUT2D eigenvalue weighted by atomic mass is 10.0. The number of hydrogen-bond donors (Lipinski definition) is 1.